The number of pyridine rings is 1. The molecule has 19 heavy (non-hydrogen) atoms. The van der Waals surface area contributed by atoms with E-state index in [1.165, 1.54) is 0 Å². The second-order valence-corrected chi connectivity index (χ2v) is 4.36. The number of nitrogens with zero attached hydrogens (tertiary/aromatic N) is 2. The van der Waals surface area contributed by atoms with Crippen LogP contribution in [0.5, 0.6) is 0 Å². The minimum Gasteiger partial charge on any atom is -0.372 e. The highest BCUT2D eigenvalue weighted by atomic mass is 16.6. The van der Waals surface area contributed by atoms with Crippen LogP contribution in [0.15, 0.2) is 48.8 Å². The Morgan fingerprint density at radius 1 is 1.32 bits per heavy atom. The summed E-state index contributed by atoms with van der Waals surface area (Å²) in [7, 11) is 0. The van der Waals surface area contributed by atoms with E-state index < -0.39 is 0 Å². The summed E-state index contributed by atoms with van der Waals surface area (Å²) in [6.45, 7) is 1.82. The Hall–Kier alpha value is -2.43. The predicted molar refractivity (Wildman–Crippen MR) is 73.6 cm³/mol. The zero-order valence-corrected chi connectivity index (χ0v) is 10.6. The molecule has 0 aliphatic carbocycles. The average Bonchev–Trinajstić information content (AvgIpc) is 2.41. The fourth-order valence-corrected chi connectivity index (χ4v) is 1.82. The predicted octanol–water partition coefficient (Wildman–Crippen LogP) is 2.82. The lowest BCUT2D eigenvalue weighted by atomic mass is 10.1. The van der Waals surface area contributed by atoms with E-state index in [-0.39, 0.29) is 17.5 Å². The third-order valence-electron chi connectivity index (χ3n) is 2.81. The van der Waals surface area contributed by atoms with Crippen LogP contribution in [0.4, 0.5) is 5.69 Å². The highest BCUT2D eigenvalue weighted by Gasteiger charge is 2.17. The van der Waals surface area contributed by atoms with Gasteiger partial charge in [-0.1, -0.05) is 23.8 Å². The van der Waals surface area contributed by atoms with Crippen molar-refractivity contribution in [1.82, 2.24) is 4.98 Å². The maximum Gasteiger partial charge on any atom is 0.227 e. The van der Waals surface area contributed by atoms with Gasteiger partial charge in [0.05, 0.1) is 0 Å². The van der Waals surface area contributed by atoms with E-state index in [9.17, 15) is 10.1 Å². The molecule has 98 valence electrons. The number of benzene rings is 1. The van der Waals surface area contributed by atoms with Crippen LogP contribution in [0.3, 0.4) is 0 Å². The van der Waals surface area contributed by atoms with Gasteiger partial charge in [0, 0.05) is 23.0 Å². The maximum atomic E-state index is 10.8. The van der Waals surface area contributed by atoms with Gasteiger partial charge in [-0.3, -0.25) is 15.1 Å². The van der Waals surface area contributed by atoms with Crippen LogP contribution >= 0.6 is 0 Å². The third kappa shape index (κ3) is 3.77. The Morgan fingerprint density at radius 3 is 2.63 bits per heavy atom. The summed E-state index contributed by atoms with van der Waals surface area (Å²) in [4.78, 5) is 14.5. The molecule has 0 bridgehead atoms. The molecular weight excluding hydrogens is 242 g/mol. The number of anilines is 1. The fourth-order valence-electron chi connectivity index (χ4n) is 1.82. The first-order valence-electron chi connectivity index (χ1n) is 6.00. The quantitative estimate of drug-likeness (QED) is 0.660. The molecule has 0 radical (unpaired) electrons. The number of hydrogen-bond donors (Lipinski definition) is 1. The van der Waals surface area contributed by atoms with Crippen LogP contribution in [0.25, 0.3) is 0 Å². The molecule has 1 heterocycles. The largest absolute Gasteiger partial charge is 0.372 e. The van der Waals surface area contributed by atoms with Crippen molar-refractivity contribution in [3.05, 3.63) is 70.0 Å². The van der Waals surface area contributed by atoms with Gasteiger partial charge in [0.15, 0.2) is 0 Å². The molecular formula is C14H15N3O2. The van der Waals surface area contributed by atoms with Gasteiger partial charge in [-0.25, -0.2) is 0 Å². The Balaban J connectivity index is 2.19. The average molecular weight is 257 g/mol. The maximum absolute atomic E-state index is 10.8. The monoisotopic (exact) mass is 257 g/mol. The van der Waals surface area contributed by atoms with Gasteiger partial charge >= 0.3 is 0 Å². The van der Waals surface area contributed by atoms with Gasteiger partial charge in [-0.2, -0.15) is 0 Å². The first-order chi connectivity index (χ1) is 9.15. The summed E-state index contributed by atoms with van der Waals surface area (Å²) < 4.78 is 0. The Bertz CT molecular complexity index is 540. The number of nitro groups is 1. The van der Waals surface area contributed by atoms with Gasteiger partial charge < -0.3 is 5.32 Å². The summed E-state index contributed by atoms with van der Waals surface area (Å²) in [5.41, 5.74) is 2.82. The van der Waals surface area contributed by atoms with Crippen molar-refractivity contribution in [2.24, 2.45) is 0 Å². The molecule has 0 aliphatic heterocycles. The summed E-state index contributed by atoms with van der Waals surface area (Å²) in [5, 5.41) is 13.9. The van der Waals surface area contributed by atoms with Gasteiger partial charge in [0.2, 0.25) is 6.54 Å². The van der Waals surface area contributed by atoms with Crippen molar-refractivity contribution in [3.8, 4) is 0 Å². The lowest BCUT2D eigenvalue weighted by molar-refractivity contribution is -0.482. The standard InChI is InChI=1S/C14H15N3O2/c1-11-4-6-13(7-5-11)16-14(10-17(18)19)12-3-2-8-15-9-12/h2-9,14,16H,10H2,1H3. The lowest BCUT2D eigenvalue weighted by Gasteiger charge is -2.16. The summed E-state index contributed by atoms with van der Waals surface area (Å²) in [5.74, 6) is 0. The van der Waals surface area contributed by atoms with E-state index in [4.69, 9.17) is 0 Å². The normalized spacial score (nSPS) is 11.8. The molecule has 0 saturated heterocycles. The molecule has 1 aromatic heterocycles. The lowest BCUT2D eigenvalue weighted by Crippen LogP contribution is -2.20. The molecule has 0 saturated carbocycles. The molecule has 0 aliphatic rings. The van der Waals surface area contributed by atoms with Crippen molar-refractivity contribution < 1.29 is 4.92 Å². The fraction of sp³-hybridized carbons (Fsp3) is 0.214. The minimum atomic E-state index is -0.383. The van der Waals surface area contributed by atoms with E-state index in [0.29, 0.717) is 0 Å². The van der Waals surface area contributed by atoms with Crippen molar-refractivity contribution in [2.75, 3.05) is 11.9 Å². The van der Waals surface area contributed by atoms with E-state index in [1.54, 1.807) is 18.5 Å². The van der Waals surface area contributed by atoms with Crippen molar-refractivity contribution in [1.29, 1.82) is 0 Å². The topological polar surface area (TPSA) is 68.1 Å². The first kappa shape index (κ1) is 13.0. The molecule has 0 amide bonds. The summed E-state index contributed by atoms with van der Waals surface area (Å²) in [6.07, 6.45) is 3.30. The van der Waals surface area contributed by atoms with E-state index in [2.05, 4.69) is 10.3 Å². The number of aromatic nitrogens is 1. The van der Waals surface area contributed by atoms with Crippen LogP contribution in [-0.4, -0.2) is 16.5 Å². The summed E-state index contributed by atoms with van der Waals surface area (Å²) in [6, 6.07) is 11.0. The molecule has 5 nitrogen and oxygen atoms in total. The van der Waals surface area contributed by atoms with Crippen molar-refractivity contribution in [2.45, 2.75) is 13.0 Å². The first-order valence-corrected chi connectivity index (χ1v) is 6.00. The molecule has 5 heteroatoms. The van der Waals surface area contributed by atoms with E-state index >= 15 is 0 Å². The van der Waals surface area contributed by atoms with Crippen LogP contribution in [-0.2, 0) is 0 Å². The Kier molecular flexibility index (Phi) is 4.07. The SMILES string of the molecule is Cc1ccc(NC(C[N+](=O)[O-])c2cccnc2)cc1. The van der Waals surface area contributed by atoms with Crippen LogP contribution < -0.4 is 5.32 Å². The number of rotatable bonds is 5. The molecule has 0 fully saturated rings. The third-order valence-corrected chi connectivity index (χ3v) is 2.81. The van der Waals surface area contributed by atoms with Gasteiger partial charge in [-0.15, -0.1) is 0 Å². The second kappa shape index (κ2) is 5.95. The number of hydrogen-bond acceptors (Lipinski definition) is 4. The second-order valence-electron chi connectivity index (χ2n) is 4.36. The molecule has 2 aromatic rings. The Morgan fingerprint density at radius 2 is 2.05 bits per heavy atom. The molecule has 0 spiro atoms. The van der Waals surface area contributed by atoms with E-state index in [0.717, 1.165) is 16.8 Å². The highest BCUT2D eigenvalue weighted by Crippen LogP contribution is 2.19. The van der Waals surface area contributed by atoms with Gasteiger partial charge in [0.1, 0.15) is 6.04 Å². The number of nitrogens with one attached hydrogen (secondary N) is 1. The minimum absolute atomic E-state index is 0.181. The zero-order valence-electron chi connectivity index (χ0n) is 10.6. The van der Waals surface area contributed by atoms with E-state index in [1.807, 2.05) is 37.3 Å². The van der Waals surface area contributed by atoms with Crippen LogP contribution in [0.2, 0.25) is 0 Å². The zero-order chi connectivity index (χ0) is 13.7. The van der Waals surface area contributed by atoms with Gasteiger partial charge in [0.25, 0.3) is 0 Å². The molecule has 1 unspecified atom stereocenters. The molecule has 1 aromatic carbocycles. The van der Waals surface area contributed by atoms with Crippen molar-refractivity contribution >= 4 is 5.69 Å². The van der Waals surface area contributed by atoms with Crippen LogP contribution in [0, 0.1) is 17.0 Å². The van der Waals surface area contributed by atoms with Crippen molar-refractivity contribution in [3.63, 3.8) is 0 Å². The summed E-state index contributed by atoms with van der Waals surface area (Å²) >= 11 is 0. The molecule has 2 rings (SSSR count). The Labute approximate surface area is 111 Å². The molecule has 1 atom stereocenters. The smallest absolute Gasteiger partial charge is 0.227 e. The molecule has 1 N–H and O–H groups in total. The van der Waals surface area contributed by atoms with Gasteiger partial charge in [-0.05, 0) is 30.7 Å². The van der Waals surface area contributed by atoms with Crippen LogP contribution in [0.1, 0.15) is 17.2 Å². The number of aryl methyl sites for hydroxylation is 1. The highest BCUT2D eigenvalue weighted by molar-refractivity contribution is 5.46.